The highest BCUT2D eigenvalue weighted by Gasteiger charge is 2.28. The Balaban J connectivity index is 1.91. The highest BCUT2D eigenvalue weighted by Crippen LogP contribution is 2.20. The molecule has 1 amide bonds. The van der Waals surface area contributed by atoms with Crippen LogP contribution in [0.3, 0.4) is 0 Å². The van der Waals surface area contributed by atoms with Crippen LogP contribution in [0.5, 0.6) is 11.5 Å². The Morgan fingerprint density at radius 1 is 1.00 bits per heavy atom. The molecule has 28 heavy (non-hydrogen) atoms. The van der Waals surface area contributed by atoms with Crippen LogP contribution in [-0.2, 0) is 4.79 Å². The number of carboxylic acids is 1. The second-order valence-electron chi connectivity index (χ2n) is 5.87. The van der Waals surface area contributed by atoms with Gasteiger partial charge < -0.3 is 19.9 Å². The SMILES string of the molecule is CC(NC(=O)c1ccc(OCC(F)(F)F)cc1)c1ccc(OCC(=O)O)cc1. The van der Waals surface area contributed by atoms with E-state index in [-0.39, 0.29) is 17.4 Å². The number of ether oxygens (including phenoxy) is 2. The number of carbonyl (C=O) groups is 2. The van der Waals surface area contributed by atoms with Crippen molar-refractivity contribution in [1.82, 2.24) is 5.32 Å². The molecule has 2 rings (SSSR count). The first-order chi connectivity index (χ1) is 13.1. The van der Waals surface area contributed by atoms with E-state index in [1.165, 1.54) is 24.3 Å². The van der Waals surface area contributed by atoms with E-state index < -0.39 is 31.3 Å². The molecule has 0 aliphatic heterocycles. The number of carbonyl (C=O) groups excluding carboxylic acids is 1. The van der Waals surface area contributed by atoms with Gasteiger partial charge in [0, 0.05) is 5.56 Å². The molecular formula is C19H18F3NO5. The fourth-order valence-electron chi connectivity index (χ4n) is 2.23. The lowest BCUT2D eigenvalue weighted by Crippen LogP contribution is -2.26. The topological polar surface area (TPSA) is 84.9 Å². The van der Waals surface area contributed by atoms with Crippen molar-refractivity contribution in [3.63, 3.8) is 0 Å². The lowest BCUT2D eigenvalue weighted by molar-refractivity contribution is -0.153. The Hall–Kier alpha value is -3.23. The van der Waals surface area contributed by atoms with Gasteiger partial charge in [-0.2, -0.15) is 13.2 Å². The predicted octanol–water partition coefficient (Wildman–Crippen LogP) is 3.58. The monoisotopic (exact) mass is 397 g/mol. The number of rotatable bonds is 8. The van der Waals surface area contributed by atoms with E-state index in [1.807, 2.05) is 0 Å². The second-order valence-corrected chi connectivity index (χ2v) is 5.87. The average Bonchev–Trinajstić information content (AvgIpc) is 2.65. The maximum absolute atomic E-state index is 12.3. The average molecular weight is 397 g/mol. The van der Waals surface area contributed by atoms with Crippen LogP contribution < -0.4 is 14.8 Å². The third kappa shape index (κ3) is 6.82. The molecular weight excluding hydrogens is 379 g/mol. The van der Waals surface area contributed by atoms with Gasteiger partial charge in [0.15, 0.2) is 13.2 Å². The number of carboxylic acid groups (broad SMARTS) is 1. The first-order valence-corrected chi connectivity index (χ1v) is 8.19. The van der Waals surface area contributed by atoms with Crippen LogP contribution in [0.1, 0.15) is 28.9 Å². The summed E-state index contributed by atoms with van der Waals surface area (Å²) in [5.74, 6) is -1.08. The number of hydrogen-bond acceptors (Lipinski definition) is 4. The van der Waals surface area contributed by atoms with Gasteiger partial charge >= 0.3 is 12.1 Å². The van der Waals surface area contributed by atoms with Crippen LogP contribution in [-0.4, -0.2) is 36.4 Å². The molecule has 0 saturated heterocycles. The highest BCUT2D eigenvalue weighted by molar-refractivity contribution is 5.94. The predicted molar refractivity (Wildman–Crippen MR) is 93.4 cm³/mol. The van der Waals surface area contributed by atoms with Crippen LogP contribution in [0.25, 0.3) is 0 Å². The molecule has 0 aliphatic rings. The summed E-state index contributed by atoms with van der Waals surface area (Å²) in [5.41, 5.74) is 1.04. The van der Waals surface area contributed by atoms with Crippen molar-refractivity contribution in [2.24, 2.45) is 0 Å². The van der Waals surface area contributed by atoms with Crippen LogP contribution in [0.15, 0.2) is 48.5 Å². The molecule has 0 fully saturated rings. The zero-order valence-corrected chi connectivity index (χ0v) is 14.8. The van der Waals surface area contributed by atoms with Gasteiger partial charge in [-0.25, -0.2) is 4.79 Å². The largest absolute Gasteiger partial charge is 0.484 e. The van der Waals surface area contributed by atoms with Crippen LogP contribution >= 0.6 is 0 Å². The van der Waals surface area contributed by atoms with Gasteiger partial charge in [-0.15, -0.1) is 0 Å². The van der Waals surface area contributed by atoms with Gasteiger partial charge in [-0.05, 0) is 48.9 Å². The minimum Gasteiger partial charge on any atom is -0.484 e. The Morgan fingerprint density at radius 2 is 1.54 bits per heavy atom. The lowest BCUT2D eigenvalue weighted by atomic mass is 10.1. The molecule has 2 aromatic rings. The molecule has 9 heteroatoms. The molecule has 0 radical (unpaired) electrons. The maximum atomic E-state index is 12.3. The summed E-state index contributed by atoms with van der Waals surface area (Å²) in [4.78, 5) is 22.8. The Labute approximate surface area is 158 Å². The number of amides is 1. The summed E-state index contributed by atoms with van der Waals surface area (Å²) in [7, 11) is 0. The molecule has 0 aromatic heterocycles. The van der Waals surface area contributed by atoms with Crippen LogP contribution in [0.2, 0.25) is 0 Å². The van der Waals surface area contributed by atoms with Crippen molar-refractivity contribution in [2.75, 3.05) is 13.2 Å². The fourth-order valence-corrected chi connectivity index (χ4v) is 2.23. The molecule has 0 saturated carbocycles. The Bertz CT molecular complexity index is 804. The minimum absolute atomic E-state index is 0.0128. The molecule has 0 bridgehead atoms. The molecule has 150 valence electrons. The van der Waals surface area contributed by atoms with Crippen molar-refractivity contribution in [3.05, 3.63) is 59.7 Å². The van der Waals surface area contributed by atoms with E-state index >= 15 is 0 Å². The van der Waals surface area contributed by atoms with Gasteiger partial charge in [0.05, 0.1) is 6.04 Å². The Morgan fingerprint density at radius 3 is 2.07 bits per heavy atom. The van der Waals surface area contributed by atoms with Crippen molar-refractivity contribution in [3.8, 4) is 11.5 Å². The third-order valence-electron chi connectivity index (χ3n) is 3.61. The summed E-state index contributed by atoms with van der Waals surface area (Å²) >= 11 is 0. The van der Waals surface area contributed by atoms with Gasteiger partial charge in [-0.3, -0.25) is 4.79 Å². The summed E-state index contributed by atoms with van der Waals surface area (Å²) in [5, 5.41) is 11.3. The van der Waals surface area contributed by atoms with Crippen LogP contribution in [0, 0.1) is 0 Å². The number of aliphatic carboxylic acids is 1. The van der Waals surface area contributed by atoms with Crippen molar-refractivity contribution in [2.45, 2.75) is 19.1 Å². The highest BCUT2D eigenvalue weighted by atomic mass is 19.4. The fraction of sp³-hybridized carbons (Fsp3) is 0.263. The summed E-state index contributed by atoms with van der Waals surface area (Å²) < 4.78 is 46.0. The van der Waals surface area contributed by atoms with Crippen molar-refractivity contribution < 1.29 is 37.3 Å². The number of benzene rings is 2. The summed E-state index contributed by atoms with van der Waals surface area (Å²) in [6.45, 7) is -0.0953. The van der Waals surface area contributed by atoms with Crippen molar-refractivity contribution in [1.29, 1.82) is 0 Å². The molecule has 2 N–H and O–H groups in total. The van der Waals surface area contributed by atoms with E-state index in [9.17, 15) is 22.8 Å². The molecule has 1 unspecified atom stereocenters. The number of halogens is 3. The first-order valence-electron chi connectivity index (χ1n) is 8.19. The number of hydrogen-bond donors (Lipinski definition) is 2. The van der Waals surface area contributed by atoms with Gasteiger partial charge in [-0.1, -0.05) is 12.1 Å². The van der Waals surface area contributed by atoms with E-state index in [0.29, 0.717) is 5.75 Å². The van der Waals surface area contributed by atoms with E-state index in [4.69, 9.17) is 9.84 Å². The molecule has 0 aliphatic carbocycles. The normalized spacial score (nSPS) is 12.1. The number of alkyl halides is 3. The summed E-state index contributed by atoms with van der Waals surface area (Å²) in [6.07, 6.45) is -4.43. The van der Waals surface area contributed by atoms with Gasteiger partial charge in [0.25, 0.3) is 5.91 Å². The van der Waals surface area contributed by atoms with E-state index in [1.54, 1.807) is 31.2 Å². The molecule has 1 atom stereocenters. The molecule has 2 aromatic carbocycles. The zero-order chi connectivity index (χ0) is 20.7. The Kier molecular flexibility index (Phi) is 6.86. The van der Waals surface area contributed by atoms with Crippen LogP contribution in [0.4, 0.5) is 13.2 Å². The van der Waals surface area contributed by atoms with E-state index in [0.717, 1.165) is 5.56 Å². The number of nitrogens with one attached hydrogen (secondary N) is 1. The molecule has 0 heterocycles. The van der Waals surface area contributed by atoms with Crippen molar-refractivity contribution >= 4 is 11.9 Å². The smallest absolute Gasteiger partial charge is 0.422 e. The minimum atomic E-state index is -4.43. The van der Waals surface area contributed by atoms with Gasteiger partial charge in [0.1, 0.15) is 11.5 Å². The summed E-state index contributed by atoms with van der Waals surface area (Å²) in [6, 6.07) is 11.5. The quantitative estimate of drug-likeness (QED) is 0.711. The maximum Gasteiger partial charge on any atom is 0.422 e. The molecule has 6 nitrogen and oxygen atoms in total. The van der Waals surface area contributed by atoms with E-state index in [2.05, 4.69) is 10.1 Å². The van der Waals surface area contributed by atoms with Gasteiger partial charge in [0.2, 0.25) is 0 Å². The lowest BCUT2D eigenvalue weighted by Gasteiger charge is -2.15. The third-order valence-corrected chi connectivity index (χ3v) is 3.61. The standard InChI is InChI=1S/C19H18F3NO5/c1-12(13-2-6-15(7-3-13)27-10-17(24)25)23-18(26)14-4-8-16(9-5-14)28-11-19(20,21)22/h2-9,12H,10-11H2,1H3,(H,23,26)(H,24,25). The first kappa shape index (κ1) is 21.1. The molecule has 0 spiro atoms. The second kappa shape index (κ2) is 9.12. The zero-order valence-electron chi connectivity index (χ0n) is 14.8.